The molecule has 1 heterocycles. The van der Waals surface area contributed by atoms with Gasteiger partial charge in [0.05, 0.1) is 5.41 Å². The molecule has 0 aromatic carbocycles. The number of rotatable bonds is 2. The summed E-state index contributed by atoms with van der Waals surface area (Å²) in [7, 11) is 0. The van der Waals surface area contributed by atoms with Crippen LogP contribution in [0.25, 0.3) is 0 Å². The molecule has 2 unspecified atom stereocenters. The monoisotopic (exact) mass is 239 g/mol. The second-order valence-electron chi connectivity index (χ2n) is 6.20. The van der Waals surface area contributed by atoms with E-state index in [2.05, 4.69) is 11.8 Å². The van der Waals surface area contributed by atoms with Crippen molar-refractivity contribution in [2.24, 2.45) is 11.3 Å². The zero-order valence-corrected chi connectivity index (χ0v) is 11.1. The molecule has 17 heavy (non-hydrogen) atoms. The summed E-state index contributed by atoms with van der Waals surface area (Å²) in [6.45, 7) is 6.44. The minimum atomic E-state index is -0.596. The molecule has 1 saturated heterocycles. The van der Waals surface area contributed by atoms with E-state index in [4.69, 9.17) is 0 Å². The summed E-state index contributed by atoms with van der Waals surface area (Å²) >= 11 is 0. The minimum Gasteiger partial charge on any atom is -0.481 e. The highest BCUT2D eigenvalue weighted by Gasteiger charge is 2.46. The van der Waals surface area contributed by atoms with Crippen molar-refractivity contribution in [2.75, 3.05) is 13.1 Å². The summed E-state index contributed by atoms with van der Waals surface area (Å²) in [6.07, 6.45) is 6.64. The molecule has 0 radical (unpaired) electrons. The van der Waals surface area contributed by atoms with E-state index < -0.39 is 11.4 Å². The van der Waals surface area contributed by atoms with Crippen LogP contribution < -0.4 is 0 Å². The Morgan fingerprint density at radius 2 is 1.88 bits per heavy atom. The predicted molar refractivity (Wildman–Crippen MR) is 68.0 cm³/mol. The Morgan fingerprint density at radius 3 is 2.47 bits per heavy atom. The number of aliphatic carboxylic acids is 1. The van der Waals surface area contributed by atoms with Crippen molar-refractivity contribution in [3.63, 3.8) is 0 Å². The standard InChI is InChI=1S/C14H25NO2/c1-11-6-9-15(10-7-11)12-5-3-4-8-14(12,2)13(16)17/h11-12H,3-10H2,1-2H3,(H,16,17). The zero-order valence-electron chi connectivity index (χ0n) is 11.1. The molecule has 2 rings (SSSR count). The summed E-state index contributed by atoms with van der Waals surface area (Å²) in [6, 6.07) is 0.265. The van der Waals surface area contributed by atoms with Crippen molar-refractivity contribution in [1.82, 2.24) is 4.90 Å². The number of piperidine rings is 1. The van der Waals surface area contributed by atoms with Crippen molar-refractivity contribution in [1.29, 1.82) is 0 Å². The lowest BCUT2D eigenvalue weighted by Gasteiger charge is -2.46. The highest BCUT2D eigenvalue weighted by atomic mass is 16.4. The first-order valence-corrected chi connectivity index (χ1v) is 7.01. The fourth-order valence-electron chi connectivity index (χ4n) is 3.49. The normalized spacial score (nSPS) is 36.9. The van der Waals surface area contributed by atoms with E-state index in [1.807, 2.05) is 6.92 Å². The van der Waals surface area contributed by atoms with Crippen molar-refractivity contribution in [3.8, 4) is 0 Å². The first-order valence-electron chi connectivity index (χ1n) is 7.01. The van der Waals surface area contributed by atoms with Gasteiger partial charge in [0.2, 0.25) is 0 Å². The van der Waals surface area contributed by atoms with Crippen LogP contribution in [-0.4, -0.2) is 35.1 Å². The van der Waals surface area contributed by atoms with E-state index in [1.54, 1.807) is 0 Å². The van der Waals surface area contributed by atoms with E-state index >= 15 is 0 Å². The Bertz CT molecular complexity index is 284. The first kappa shape index (κ1) is 12.9. The third-order valence-corrected chi connectivity index (χ3v) is 4.91. The smallest absolute Gasteiger partial charge is 0.310 e. The van der Waals surface area contributed by atoms with Gasteiger partial charge in [-0.3, -0.25) is 9.69 Å². The molecule has 3 heteroatoms. The van der Waals surface area contributed by atoms with Gasteiger partial charge in [-0.25, -0.2) is 0 Å². The number of hydrogen-bond acceptors (Lipinski definition) is 2. The largest absolute Gasteiger partial charge is 0.481 e. The number of carboxylic acid groups (broad SMARTS) is 1. The fourth-order valence-corrected chi connectivity index (χ4v) is 3.49. The van der Waals surface area contributed by atoms with Crippen LogP contribution in [-0.2, 0) is 4.79 Å². The highest BCUT2D eigenvalue weighted by Crippen LogP contribution is 2.40. The Morgan fingerprint density at radius 1 is 1.24 bits per heavy atom. The Labute approximate surface area is 104 Å². The number of carbonyl (C=O) groups is 1. The maximum atomic E-state index is 11.6. The lowest BCUT2D eigenvalue weighted by molar-refractivity contribution is -0.155. The second kappa shape index (κ2) is 4.97. The molecule has 0 aromatic rings. The van der Waals surface area contributed by atoms with Crippen LogP contribution in [0.1, 0.15) is 52.4 Å². The Balaban J connectivity index is 2.09. The molecular formula is C14H25NO2. The summed E-state index contributed by atoms with van der Waals surface area (Å²) in [5.41, 5.74) is -0.515. The van der Waals surface area contributed by atoms with Crippen molar-refractivity contribution in [2.45, 2.75) is 58.4 Å². The summed E-state index contributed by atoms with van der Waals surface area (Å²) < 4.78 is 0. The molecule has 3 nitrogen and oxygen atoms in total. The number of nitrogens with zero attached hydrogens (tertiary/aromatic N) is 1. The van der Waals surface area contributed by atoms with E-state index in [0.29, 0.717) is 0 Å². The molecule has 2 atom stereocenters. The van der Waals surface area contributed by atoms with E-state index in [0.717, 1.165) is 38.3 Å². The van der Waals surface area contributed by atoms with Crippen molar-refractivity contribution < 1.29 is 9.90 Å². The van der Waals surface area contributed by atoms with Gasteiger partial charge in [-0.2, -0.15) is 0 Å². The predicted octanol–water partition coefficient (Wildman–Crippen LogP) is 2.75. The number of hydrogen-bond donors (Lipinski definition) is 1. The molecule has 0 aromatic heterocycles. The summed E-state index contributed by atoms with van der Waals surface area (Å²) in [4.78, 5) is 14.0. The van der Waals surface area contributed by atoms with Crippen LogP contribution in [0, 0.1) is 11.3 Å². The van der Waals surface area contributed by atoms with Crippen molar-refractivity contribution in [3.05, 3.63) is 0 Å². The molecule has 0 bridgehead atoms. The van der Waals surface area contributed by atoms with Gasteiger partial charge >= 0.3 is 5.97 Å². The molecular weight excluding hydrogens is 214 g/mol. The Kier molecular flexibility index (Phi) is 3.76. The van der Waals surface area contributed by atoms with Gasteiger partial charge < -0.3 is 5.11 Å². The number of carboxylic acids is 1. The van der Waals surface area contributed by atoms with Crippen LogP contribution in [0.5, 0.6) is 0 Å². The van der Waals surface area contributed by atoms with Crippen LogP contribution in [0.2, 0.25) is 0 Å². The highest BCUT2D eigenvalue weighted by molar-refractivity contribution is 5.75. The van der Waals surface area contributed by atoms with Crippen LogP contribution in [0.15, 0.2) is 0 Å². The van der Waals surface area contributed by atoms with Crippen LogP contribution in [0.4, 0.5) is 0 Å². The van der Waals surface area contributed by atoms with Gasteiger partial charge in [0.25, 0.3) is 0 Å². The zero-order chi connectivity index (χ0) is 12.5. The fraction of sp³-hybridized carbons (Fsp3) is 0.929. The summed E-state index contributed by atoms with van der Waals surface area (Å²) in [5.74, 6) is 0.215. The SMILES string of the molecule is CC1CCN(C2CCCCC2(C)C(=O)O)CC1. The molecule has 0 spiro atoms. The average Bonchev–Trinajstić information content (AvgIpc) is 2.31. The maximum Gasteiger partial charge on any atom is 0.310 e. The topological polar surface area (TPSA) is 40.5 Å². The van der Waals surface area contributed by atoms with E-state index in [1.165, 1.54) is 19.3 Å². The molecule has 1 aliphatic carbocycles. The maximum absolute atomic E-state index is 11.6. The third kappa shape index (κ3) is 2.49. The van der Waals surface area contributed by atoms with Gasteiger partial charge in [0, 0.05) is 6.04 Å². The average molecular weight is 239 g/mol. The van der Waals surface area contributed by atoms with Gasteiger partial charge in [0.1, 0.15) is 0 Å². The van der Waals surface area contributed by atoms with Gasteiger partial charge in [0.15, 0.2) is 0 Å². The second-order valence-corrected chi connectivity index (χ2v) is 6.20. The molecule has 2 fully saturated rings. The van der Waals surface area contributed by atoms with Crippen molar-refractivity contribution >= 4 is 5.97 Å². The lowest BCUT2D eigenvalue weighted by atomic mass is 9.70. The minimum absolute atomic E-state index is 0.265. The van der Waals surface area contributed by atoms with Crippen LogP contribution >= 0.6 is 0 Å². The van der Waals surface area contributed by atoms with E-state index in [-0.39, 0.29) is 6.04 Å². The molecule has 1 aliphatic heterocycles. The molecule has 2 aliphatic rings. The first-order chi connectivity index (χ1) is 8.04. The molecule has 1 saturated carbocycles. The van der Waals surface area contributed by atoms with Gasteiger partial charge in [-0.05, 0) is 51.6 Å². The molecule has 1 N–H and O–H groups in total. The molecule has 0 amide bonds. The van der Waals surface area contributed by atoms with Gasteiger partial charge in [-0.15, -0.1) is 0 Å². The lowest BCUT2D eigenvalue weighted by Crippen LogP contribution is -2.54. The molecule has 98 valence electrons. The summed E-state index contributed by atoms with van der Waals surface area (Å²) in [5, 5.41) is 9.52. The number of likely N-dealkylation sites (tertiary alicyclic amines) is 1. The Hall–Kier alpha value is -0.570. The van der Waals surface area contributed by atoms with Gasteiger partial charge in [-0.1, -0.05) is 19.8 Å². The third-order valence-electron chi connectivity index (χ3n) is 4.91. The van der Waals surface area contributed by atoms with Crippen LogP contribution in [0.3, 0.4) is 0 Å². The quantitative estimate of drug-likeness (QED) is 0.805. The van der Waals surface area contributed by atoms with E-state index in [9.17, 15) is 9.90 Å².